The van der Waals surface area contributed by atoms with Gasteiger partial charge in [-0.15, -0.1) is 0 Å². The van der Waals surface area contributed by atoms with Crippen molar-refractivity contribution in [2.75, 3.05) is 10.6 Å². The number of anilines is 2. The molecule has 0 bridgehead atoms. The lowest BCUT2D eigenvalue weighted by Crippen LogP contribution is -2.21. The average molecular weight is 418 g/mol. The number of nitrogens with one attached hydrogen (secondary N) is 2. The summed E-state index contributed by atoms with van der Waals surface area (Å²) in [4.78, 5) is 0. The van der Waals surface area contributed by atoms with Crippen molar-refractivity contribution >= 4 is 28.7 Å². The highest BCUT2D eigenvalue weighted by Crippen LogP contribution is 2.37. The summed E-state index contributed by atoms with van der Waals surface area (Å²) in [7, 11) is 0. The molecule has 2 rings (SSSR count). The normalized spacial score (nSPS) is 12.0. The van der Waals surface area contributed by atoms with Gasteiger partial charge in [0.15, 0.2) is 22.6 Å². The van der Waals surface area contributed by atoms with Gasteiger partial charge in [0, 0.05) is 23.5 Å². The molecule has 0 aliphatic carbocycles. The minimum Gasteiger partial charge on any atom is -0.332 e. The van der Waals surface area contributed by atoms with Crippen LogP contribution in [0.5, 0.6) is 0 Å². The van der Waals surface area contributed by atoms with E-state index >= 15 is 0 Å². The summed E-state index contributed by atoms with van der Waals surface area (Å²) in [6, 6.07) is 1.66. The number of hydrogen-bond acceptors (Lipinski definition) is 1. The maximum absolute atomic E-state index is 13.1. The first-order valence-electron chi connectivity index (χ1n) is 6.79. The first-order chi connectivity index (χ1) is 12.3. The Kier molecular flexibility index (Phi) is 5.59. The van der Waals surface area contributed by atoms with Crippen LogP contribution in [0.4, 0.5) is 50.9 Å². The summed E-state index contributed by atoms with van der Waals surface area (Å²) in [5.41, 5.74) is -4.24. The van der Waals surface area contributed by atoms with E-state index in [2.05, 4.69) is 22.9 Å². The molecule has 0 amide bonds. The van der Waals surface area contributed by atoms with Gasteiger partial charge in [-0.05, 0) is 30.4 Å². The lowest BCUT2D eigenvalue weighted by atomic mass is 10.1. The fourth-order valence-electron chi connectivity index (χ4n) is 1.95. The van der Waals surface area contributed by atoms with E-state index in [9.17, 15) is 39.5 Å². The molecule has 0 saturated heterocycles. The highest BCUT2D eigenvalue weighted by Gasteiger charge is 2.37. The molecule has 2 aromatic carbocycles. The zero-order valence-electron chi connectivity index (χ0n) is 12.7. The van der Waals surface area contributed by atoms with Crippen LogP contribution in [0.15, 0.2) is 30.3 Å². The van der Waals surface area contributed by atoms with Crippen molar-refractivity contribution in [1.29, 1.82) is 0 Å². The zero-order chi connectivity index (χ0) is 20.6. The van der Waals surface area contributed by atoms with E-state index in [0.29, 0.717) is 24.3 Å². The second-order valence-electron chi connectivity index (χ2n) is 5.13. The molecule has 0 aliphatic rings. The van der Waals surface area contributed by atoms with Crippen molar-refractivity contribution in [1.82, 2.24) is 0 Å². The number of halogens is 9. The fraction of sp³-hybridized carbons (Fsp3) is 0.133. The fourth-order valence-corrected chi connectivity index (χ4v) is 2.18. The Balaban J connectivity index is 2.29. The van der Waals surface area contributed by atoms with Gasteiger partial charge in [-0.2, -0.15) is 26.3 Å². The van der Waals surface area contributed by atoms with E-state index in [1.807, 2.05) is 0 Å². The van der Waals surface area contributed by atoms with Crippen LogP contribution in [-0.4, -0.2) is 5.11 Å². The summed E-state index contributed by atoms with van der Waals surface area (Å²) in [5.74, 6) is -4.90. The molecule has 0 saturated carbocycles. The molecule has 0 spiro atoms. The van der Waals surface area contributed by atoms with Gasteiger partial charge in [-0.25, -0.2) is 13.2 Å². The third kappa shape index (κ3) is 5.25. The minimum absolute atomic E-state index is 0.0770. The predicted octanol–water partition coefficient (Wildman–Crippen LogP) is 5.95. The zero-order valence-corrected chi connectivity index (χ0v) is 13.5. The average Bonchev–Trinajstić information content (AvgIpc) is 2.50. The van der Waals surface area contributed by atoms with Crippen LogP contribution in [0.3, 0.4) is 0 Å². The van der Waals surface area contributed by atoms with Crippen molar-refractivity contribution in [3.63, 3.8) is 0 Å². The highest BCUT2D eigenvalue weighted by molar-refractivity contribution is 7.80. The summed E-state index contributed by atoms with van der Waals surface area (Å²) in [6.45, 7) is 0. The Labute approximate surface area is 151 Å². The van der Waals surface area contributed by atoms with Crippen molar-refractivity contribution < 1.29 is 39.5 Å². The number of hydrogen-bond donors (Lipinski definition) is 2. The standard InChI is InChI=1S/C15H7F9N2S/c16-10-4-9(5-11(17)12(10)18)26-13(27)25-8-2-6(14(19,20)21)1-7(3-8)15(22,23)24/h1-5H,(H2,25,26,27). The van der Waals surface area contributed by atoms with E-state index in [4.69, 9.17) is 0 Å². The van der Waals surface area contributed by atoms with Crippen molar-refractivity contribution in [2.24, 2.45) is 0 Å². The van der Waals surface area contributed by atoms with Gasteiger partial charge in [-0.1, -0.05) is 0 Å². The van der Waals surface area contributed by atoms with Crippen LogP contribution >= 0.6 is 12.2 Å². The quantitative estimate of drug-likeness (QED) is 0.358. The second-order valence-corrected chi connectivity index (χ2v) is 5.54. The van der Waals surface area contributed by atoms with Gasteiger partial charge in [-0.3, -0.25) is 0 Å². The third-order valence-electron chi connectivity index (χ3n) is 3.09. The predicted molar refractivity (Wildman–Crippen MR) is 82.6 cm³/mol. The van der Waals surface area contributed by atoms with Crippen LogP contribution in [0, 0.1) is 17.5 Å². The van der Waals surface area contributed by atoms with Gasteiger partial charge in [0.2, 0.25) is 0 Å². The van der Waals surface area contributed by atoms with E-state index < -0.39 is 57.4 Å². The monoisotopic (exact) mass is 418 g/mol. The van der Waals surface area contributed by atoms with Gasteiger partial charge in [0.05, 0.1) is 11.1 Å². The summed E-state index contributed by atoms with van der Waals surface area (Å²) in [5, 5.41) is 3.60. The number of alkyl halides is 6. The van der Waals surface area contributed by atoms with Gasteiger partial charge >= 0.3 is 12.4 Å². The minimum atomic E-state index is -5.06. The molecular formula is C15H7F9N2S. The van der Waals surface area contributed by atoms with Crippen LogP contribution in [0.1, 0.15) is 11.1 Å². The SMILES string of the molecule is Fc1cc(NC(=S)Nc2cc(C(F)(F)F)cc(C(F)(F)F)c2)cc(F)c1F. The maximum Gasteiger partial charge on any atom is 0.416 e. The molecule has 0 fully saturated rings. The van der Waals surface area contributed by atoms with Crippen LogP contribution in [0.2, 0.25) is 0 Å². The van der Waals surface area contributed by atoms with E-state index in [1.54, 1.807) is 0 Å². The summed E-state index contributed by atoms with van der Waals surface area (Å²) < 4.78 is 116. The Bertz CT molecular complexity index is 819. The first-order valence-corrected chi connectivity index (χ1v) is 7.20. The molecule has 0 aromatic heterocycles. The number of rotatable bonds is 2. The largest absolute Gasteiger partial charge is 0.416 e. The van der Waals surface area contributed by atoms with Crippen molar-refractivity contribution in [3.05, 3.63) is 58.9 Å². The molecule has 146 valence electrons. The lowest BCUT2D eigenvalue weighted by Gasteiger charge is -2.16. The van der Waals surface area contributed by atoms with Gasteiger partial charge in [0.1, 0.15) is 0 Å². The van der Waals surface area contributed by atoms with E-state index in [0.717, 1.165) is 0 Å². The molecule has 2 N–H and O–H groups in total. The molecule has 0 atom stereocenters. The number of thiocarbonyl (C=S) groups is 1. The molecule has 0 aliphatic heterocycles. The molecule has 2 nitrogen and oxygen atoms in total. The summed E-state index contributed by atoms with van der Waals surface area (Å²) >= 11 is 4.69. The van der Waals surface area contributed by atoms with E-state index in [1.165, 1.54) is 0 Å². The molecular weight excluding hydrogens is 411 g/mol. The summed E-state index contributed by atoms with van der Waals surface area (Å²) in [6.07, 6.45) is -10.1. The Morgan fingerprint density at radius 1 is 0.667 bits per heavy atom. The Hall–Kier alpha value is -2.50. The second kappa shape index (κ2) is 7.25. The molecule has 0 radical (unpaired) electrons. The number of benzene rings is 2. The highest BCUT2D eigenvalue weighted by atomic mass is 32.1. The lowest BCUT2D eigenvalue weighted by molar-refractivity contribution is -0.143. The maximum atomic E-state index is 13.1. The molecule has 0 heterocycles. The van der Waals surface area contributed by atoms with Crippen LogP contribution in [-0.2, 0) is 12.4 Å². The molecule has 0 unspecified atom stereocenters. The van der Waals surface area contributed by atoms with E-state index in [-0.39, 0.29) is 6.07 Å². The molecule has 2 aromatic rings. The van der Waals surface area contributed by atoms with Crippen LogP contribution < -0.4 is 10.6 Å². The van der Waals surface area contributed by atoms with Crippen molar-refractivity contribution in [2.45, 2.75) is 12.4 Å². The Morgan fingerprint density at radius 3 is 1.41 bits per heavy atom. The first kappa shape index (κ1) is 20.8. The third-order valence-corrected chi connectivity index (χ3v) is 3.29. The van der Waals surface area contributed by atoms with Gasteiger partial charge in [0.25, 0.3) is 0 Å². The van der Waals surface area contributed by atoms with Crippen LogP contribution in [0.25, 0.3) is 0 Å². The topological polar surface area (TPSA) is 24.1 Å². The smallest absolute Gasteiger partial charge is 0.332 e. The van der Waals surface area contributed by atoms with Crippen molar-refractivity contribution in [3.8, 4) is 0 Å². The Morgan fingerprint density at radius 2 is 1.04 bits per heavy atom. The molecule has 12 heteroatoms. The molecule has 27 heavy (non-hydrogen) atoms. The van der Waals surface area contributed by atoms with Gasteiger partial charge < -0.3 is 10.6 Å².